The van der Waals surface area contributed by atoms with E-state index in [9.17, 15) is 9.59 Å². The summed E-state index contributed by atoms with van der Waals surface area (Å²) in [5, 5.41) is 2.77. The van der Waals surface area contributed by atoms with Crippen molar-refractivity contribution in [2.24, 2.45) is 0 Å². The number of amides is 2. The molecule has 0 aromatic heterocycles. The lowest BCUT2D eigenvalue weighted by Gasteiger charge is -2.23. The molecule has 0 aliphatic heterocycles. The second kappa shape index (κ2) is 8.81. The molecule has 0 atom stereocenters. The van der Waals surface area contributed by atoms with Gasteiger partial charge in [0.05, 0.1) is 20.1 Å². The number of esters is 1. The average molecular weight is 246 g/mol. The molecule has 0 aromatic carbocycles. The van der Waals surface area contributed by atoms with E-state index in [2.05, 4.69) is 10.1 Å². The molecular weight excluding hydrogens is 224 g/mol. The molecule has 0 radical (unpaired) electrons. The summed E-state index contributed by atoms with van der Waals surface area (Å²) in [6.07, 6.45) is 0.186. The molecule has 1 N–H and O–H groups in total. The van der Waals surface area contributed by atoms with E-state index in [0.29, 0.717) is 19.7 Å². The molecule has 0 aliphatic carbocycles. The first-order valence-corrected chi connectivity index (χ1v) is 5.62. The highest BCUT2D eigenvalue weighted by Crippen LogP contribution is 1.96. The SMILES string of the molecule is COCCN(CCC(=O)OC)C(=O)NC(C)C. The second-order valence-corrected chi connectivity index (χ2v) is 3.91. The van der Waals surface area contributed by atoms with E-state index in [4.69, 9.17) is 4.74 Å². The predicted molar refractivity (Wildman–Crippen MR) is 63.7 cm³/mol. The van der Waals surface area contributed by atoms with Crippen LogP contribution in [0.25, 0.3) is 0 Å². The molecule has 0 saturated heterocycles. The zero-order valence-corrected chi connectivity index (χ0v) is 11.0. The summed E-state index contributed by atoms with van der Waals surface area (Å²) >= 11 is 0. The normalized spacial score (nSPS) is 10.2. The number of hydrogen-bond acceptors (Lipinski definition) is 4. The summed E-state index contributed by atoms with van der Waals surface area (Å²) < 4.78 is 9.46. The van der Waals surface area contributed by atoms with Gasteiger partial charge in [-0.05, 0) is 13.8 Å². The fourth-order valence-electron chi connectivity index (χ4n) is 1.18. The number of carbonyl (C=O) groups excluding carboxylic acids is 2. The van der Waals surface area contributed by atoms with Crippen molar-refractivity contribution in [2.45, 2.75) is 26.3 Å². The predicted octanol–water partition coefficient (Wildman–Crippen LogP) is 0.616. The molecule has 0 spiro atoms. The highest BCUT2D eigenvalue weighted by atomic mass is 16.5. The van der Waals surface area contributed by atoms with Gasteiger partial charge in [0.25, 0.3) is 0 Å². The van der Waals surface area contributed by atoms with E-state index in [1.54, 1.807) is 12.0 Å². The maximum absolute atomic E-state index is 11.8. The van der Waals surface area contributed by atoms with Crippen molar-refractivity contribution >= 4 is 12.0 Å². The monoisotopic (exact) mass is 246 g/mol. The molecule has 0 saturated carbocycles. The zero-order chi connectivity index (χ0) is 13.3. The van der Waals surface area contributed by atoms with Gasteiger partial charge >= 0.3 is 12.0 Å². The number of hydrogen-bond donors (Lipinski definition) is 1. The third-order valence-electron chi connectivity index (χ3n) is 2.08. The molecule has 0 fully saturated rings. The summed E-state index contributed by atoms with van der Waals surface area (Å²) in [4.78, 5) is 24.3. The summed E-state index contributed by atoms with van der Waals surface area (Å²) in [6.45, 7) is 4.98. The van der Waals surface area contributed by atoms with Gasteiger partial charge in [0.15, 0.2) is 0 Å². The van der Waals surface area contributed by atoms with Crippen molar-refractivity contribution in [3.63, 3.8) is 0 Å². The Morgan fingerprint density at radius 2 is 1.88 bits per heavy atom. The number of urea groups is 1. The Labute approximate surface area is 102 Å². The first-order valence-electron chi connectivity index (χ1n) is 5.62. The molecule has 0 aliphatic rings. The van der Waals surface area contributed by atoms with Crippen LogP contribution in [-0.2, 0) is 14.3 Å². The fourth-order valence-corrected chi connectivity index (χ4v) is 1.18. The Morgan fingerprint density at radius 1 is 1.24 bits per heavy atom. The molecule has 2 amide bonds. The molecule has 6 nitrogen and oxygen atoms in total. The lowest BCUT2D eigenvalue weighted by molar-refractivity contribution is -0.140. The number of nitrogens with one attached hydrogen (secondary N) is 1. The van der Waals surface area contributed by atoms with Crippen LogP contribution < -0.4 is 5.32 Å². The second-order valence-electron chi connectivity index (χ2n) is 3.91. The van der Waals surface area contributed by atoms with Crippen molar-refractivity contribution in [1.29, 1.82) is 0 Å². The lowest BCUT2D eigenvalue weighted by Crippen LogP contribution is -2.45. The summed E-state index contributed by atoms with van der Waals surface area (Å²) in [7, 11) is 2.90. The number of nitrogens with zero attached hydrogens (tertiary/aromatic N) is 1. The van der Waals surface area contributed by atoms with Crippen LogP contribution in [0.4, 0.5) is 4.79 Å². The standard InChI is InChI=1S/C11H22N2O4/c1-9(2)12-11(15)13(7-8-16-3)6-5-10(14)17-4/h9H,5-8H2,1-4H3,(H,12,15). The molecule has 17 heavy (non-hydrogen) atoms. The van der Waals surface area contributed by atoms with E-state index < -0.39 is 0 Å². The highest BCUT2D eigenvalue weighted by molar-refractivity contribution is 5.75. The lowest BCUT2D eigenvalue weighted by atomic mass is 10.3. The quantitative estimate of drug-likeness (QED) is 0.668. The minimum absolute atomic E-state index is 0.0608. The van der Waals surface area contributed by atoms with Gasteiger partial charge in [0.2, 0.25) is 0 Å². The van der Waals surface area contributed by atoms with Crippen LogP contribution in [0.2, 0.25) is 0 Å². The molecule has 0 rings (SSSR count). The van der Waals surface area contributed by atoms with Crippen molar-refractivity contribution in [3.05, 3.63) is 0 Å². The van der Waals surface area contributed by atoms with Gasteiger partial charge in [-0.15, -0.1) is 0 Å². The van der Waals surface area contributed by atoms with Crippen LogP contribution in [0.1, 0.15) is 20.3 Å². The minimum atomic E-state index is -0.329. The van der Waals surface area contributed by atoms with Gasteiger partial charge in [-0.25, -0.2) is 4.79 Å². The van der Waals surface area contributed by atoms with Crippen LogP contribution in [0.3, 0.4) is 0 Å². The molecule has 100 valence electrons. The molecule has 0 aromatic rings. The Hall–Kier alpha value is -1.30. The largest absolute Gasteiger partial charge is 0.469 e. The van der Waals surface area contributed by atoms with Crippen molar-refractivity contribution < 1.29 is 19.1 Å². The van der Waals surface area contributed by atoms with Crippen LogP contribution >= 0.6 is 0 Å². The van der Waals surface area contributed by atoms with Crippen LogP contribution in [0, 0.1) is 0 Å². The topological polar surface area (TPSA) is 67.9 Å². The molecular formula is C11H22N2O4. The van der Waals surface area contributed by atoms with Gasteiger partial charge in [0, 0.05) is 26.2 Å². The highest BCUT2D eigenvalue weighted by Gasteiger charge is 2.15. The van der Waals surface area contributed by atoms with Gasteiger partial charge in [-0.3, -0.25) is 4.79 Å². The first kappa shape index (κ1) is 15.7. The fraction of sp³-hybridized carbons (Fsp3) is 0.818. The minimum Gasteiger partial charge on any atom is -0.469 e. The van der Waals surface area contributed by atoms with Gasteiger partial charge in [-0.2, -0.15) is 0 Å². The van der Waals surface area contributed by atoms with E-state index in [0.717, 1.165) is 0 Å². The smallest absolute Gasteiger partial charge is 0.317 e. The van der Waals surface area contributed by atoms with E-state index in [-0.39, 0.29) is 24.5 Å². The van der Waals surface area contributed by atoms with Crippen LogP contribution in [0.5, 0.6) is 0 Å². The maximum atomic E-state index is 11.8. The van der Waals surface area contributed by atoms with Gasteiger partial charge < -0.3 is 19.7 Å². The summed E-state index contributed by atoms with van der Waals surface area (Å²) in [6, 6.07) is -0.133. The molecule has 0 unspecified atom stereocenters. The number of methoxy groups -OCH3 is 2. The van der Waals surface area contributed by atoms with Gasteiger partial charge in [0.1, 0.15) is 0 Å². The average Bonchev–Trinajstić information content (AvgIpc) is 2.27. The Kier molecular flexibility index (Phi) is 8.13. The number of carbonyl (C=O) groups is 2. The van der Waals surface area contributed by atoms with Crippen molar-refractivity contribution in [1.82, 2.24) is 10.2 Å². The molecule has 0 bridgehead atoms. The third kappa shape index (κ3) is 7.57. The Balaban J connectivity index is 4.21. The van der Waals surface area contributed by atoms with Crippen LogP contribution in [0.15, 0.2) is 0 Å². The molecule has 0 heterocycles. The van der Waals surface area contributed by atoms with E-state index in [1.165, 1.54) is 7.11 Å². The number of ether oxygens (including phenoxy) is 2. The number of rotatable bonds is 7. The summed E-state index contributed by atoms with van der Waals surface area (Å²) in [5.41, 5.74) is 0. The van der Waals surface area contributed by atoms with Crippen molar-refractivity contribution in [3.8, 4) is 0 Å². The third-order valence-corrected chi connectivity index (χ3v) is 2.08. The van der Waals surface area contributed by atoms with Crippen LogP contribution in [-0.4, -0.2) is 56.9 Å². The van der Waals surface area contributed by atoms with E-state index in [1.807, 2.05) is 13.8 Å². The summed E-state index contributed by atoms with van der Waals surface area (Å²) in [5.74, 6) is -0.329. The Morgan fingerprint density at radius 3 is 2.35 bits per heavy atom. The van der Waals surface area contributed by atoms with E-state index >= 15 is 0 Å². The zero-order valence-electron chi connectivity index (χ0n) is 11.0. The van der Waals surface area contributed by atoms with Gasteiger partial charge in [-0.1, -0.05) is 0 Å². The maximum Gasteiger partial charge on any atom is 0.317 e. The molecule has 6 heteroatoms. The van der Waals surface area contributed by atoms with Crippen molar-refractivity contribution in [2.75, 3.05) is 33.9 Å². The first-order chi connectivity index (χ1) is 8.01. The Bertz CT molecular complexity index is 244.